The molecule has 1 N–H and O–H groups in total. The van der Waals surface area contributed by atoms with Crippen molar-refractivity contribution >= 4 is 5.97 Å². The third-order valence-corrected chi connectivity index (χ3v) is 3.28. The van der Waals surface area contributed by atoms with E-state index in [2.05, 4.69) is 18.3 Å². The number of hydrogen-bond donors (Lipinski definition) is 1. The molecule has 0 aliphatic carbocycles. The molecule has 1 aromatic rings. The Morgan fingerprint density at radius 1 is 1.24 bits per heavy atom. The molecule has 1 unspecified atom stereocenters. The second-order valence-corrected chi connectivity index (χ2v) is 5.64. The van der Waals surface area contributed by atoms with Gasteiger partial charge in [-0.15, -0.1) is 0 Å². The largest absolute Gasteiger partial charge is 0.491 e. The minimum absolute atomic E-state index is 0.184. The molecule has 0 amide bonds. The van der Waals surface area contributed by atoms with E-state index in [1.54, 1.807) is 6.92 Å². The van der Waals surface area contributed by atoms with Gasteiger partial charge in [0.05, 0.1) is 6.61 Å². The van der Waals surface area contributed by atoms with Crippen molar-refractivity contribution in [3.63, 3.8) is 0 Å². The van der Waals surface area contributed by atoms with Gasteiger partial charge in [0.1, 0.15) is 18.4 Å². The predicted octanol–water partition coefficient (Wildman–Crippen LogP) is 2.92. The highest BCUT2D eigenvalue weighted by atomic mass is 16.5. The van der Waals surface area contributed by atoms with E-state index in [1.807, 2.05) is 33.8 Å². The number of carbonyl (C=O) groups is 1. The van der Waals surface area contributed by atoms with E-state index >= 15 is 0 Å². The maximum atomic E-state index is 12.0. The van der Waals surface area contributed by atoms with Crippen molar-refractivity contribution in [2.24, 2.45) is 0 Å². The number of carbonyl (C=O) groups excluding carboxylic acids is 1. The molecule has 0 aliphatic heterocycles. The number of nitrogens with one attached hydrogen (secondary N) is 1. The van der Waals surface area contributed by atoms with Crippen LogP contribution in [0.4, 0.5) is 0 Å². The van der Waals surface area contributed by atoms with Crippen LogP contribution >= 0.6 is 0 Å². The van der Waals surface area contributed by atoms with E-state index < -0.39 is 6.04 Å². The number of ether oxygens (including phenoxy) is 2. The highest BCUT2D eigenvalue weighted by molar-refractivity contribution is 5.76. The number of esters is 1. The summed E-state index contributed by atoms with van der Waals surface area (Å²) in [5.41, 5.74) is 3.44. The lowest BCUT2D eigenvalue weighted by Gasteiger charge is -2.21. The Morgan fingerprint density at radius 3 is 2.48 bits per heavy atom. The van der Waals surface area contributed by atoms with E-state index in [-0.39, 0.29) is 18.6 Å². The van der Waals surface area contributed by atoms with Crippen LogP contribution in [0.2, 0.25) is 0 Å². The van der Waals surface area contributed by atoms with Crippen LogP contribution < -0.4 is 10.1 Å². The SMILES string of the molecule is CCOC(=O)C(COc1cc(C)cc(C)c1C)NC(C)C. The molecule has 21 heavy (non-hydrogen) atoms. The van der Waals surface area contributed by atoms with Gasteiger partial charge in [0, 0.05) is 6.04 Å². The van der Waals surface area contributed by atoms with Crippen LogP contribution in [0.3, 0.4) is 0 Å². The average molecular weight is 293 g/mol. The van der Waals surface area contributed by atoms with Crippen LogP contribution in [0.1, 0.15) is 37.5 Å². The van der Waals surface area contributed by atoms with Gasteiger partial charge in [-0.3, -0.25) is 10.1 Å². The zero-order valence-corrected chi connectivity index (χ0v) is 13.9. The molecule has 1 aromatic carbocycles. The molecule has 0 spiro atoms. The van der Waals surface area contributed by atoms with Crippen molar-refractivity contribution in [1.29, 1.82) is 0 Å². The molecule has 0 aromatic heterocycles. The Hall–Kier alpha value is -1.55. The Kier molecular flexibility index (Phi) is 6.69. The van der Waals surface area contributed by atoms with Crippen molar-refractivity contribution < 1.29 is 14.3 Å². The van der Waals surface area contributed by atoms with E-state index in [0.717, 1.165) is 16.9 Å². The lowest BCUT2D eigenvalue weighted by atomic mass is 10.1. The minimum atomic E-state index is -0.454. The van der Waals surface area contributed by atoms with Crippen molar-refractivity contribution in [1.82, 2.24) is 5.32 Å². The lowest BCUT2D eigenvalue weighted by molar-refractivity contribution is -0.146. The van der Waals surface area contributed by atoms with Crippen molar-refractivity contribution in [2.75, 3.05) is 13.2 Å². The molecule has 0 heterocycles. The smallest absolute Gasteiger partial charge is 0.326 e. The van der Waals surface area contributed by atoms with Gasteiger partial charge in [-0.2, -0.15) is 0 Å². The highest BCUT2D eigenvalue weighted by Crippen LogP contribution is 2.23. The first-order valence-corrected chi connectivity index (χ1v) is 7.48. The number of rotatable bonds is 7. The van der Waals surface area contributed by atoms with Crippen molar-refractivity contribution in [2.45, 2.75) is 53.6 Å². The zero-order valence-electron chi connectivity index (χ0n) is 13.9. The molecule has 1 rings (SSSR count). The van der Waals surface area contributed by atoms with Gasteiger partial charge >= 0.3 is 5.97 Å². The quantitative estimate of drug-likeness (QED) is 0.785. The van der Waals surface area contributed by atoms with Crippen LogP contribution in [0, 0.1) is 20.8 Å². The van der Waals surface area contributed by atoms with E-state index in [1.165, 1.54) is 5.56 Å². The Labute approximate surface area is 127 Å². The predicted molar refractivity (Wildman–Crippen MR) is 84.8 cm³/mol. The fourth-order valence-corrected chi connectivity index (χ4v) is 2.15. The van der Waals surface area contributed by atoms with Crippen LogP contribution in [-0.2, 0) is 9.53 Å². The van der Waals surface area contributed by atoms with Crippen molar-refractivity contribution in [3.05, 3.63) is 28.8 Å². The highest BCUT2D eigenvalue weighted by Gasteiger charge is 2.21. The molecule has 1 atom stereocenters. The molecule has 4 heteroatoms. The molecule has 0 radical (unpaired) electrons. The van der Waals surface area contributed by atoms with Gasteiger partial charge in [-0.05, 0) is 50.5 Å². The monoisotopic (exact) mass is 293 g/mol. The number of aryl methyl sites for hydroxylation is 2. The Bertz CT molecular complexity index is 483. The fraction of sp³-hybridized carbons (Fsp3) is 0.588. The van der Waals surface area contributed by atoms with Gasteiger partial charge in [0.2, 0.25) is 0 Å². The number of hydrogen-bond acceptors (Lipinski definition) is 4. The van der Waals surface area contributed by atoms with Gasteiger partial charge in [0.25, 0.3) is 0 Å². The molecule has 0 aliphatic rings. The summed E-state index contributed by atoms with van der Waals surface area (Å²) in [7, 11) is 0. The molecular weight excluding hydrogens is 266 g/mol. The molecule has 0 saturated carbocycles. The van der Waals surface area contributed by atoms with E-state index in [0.29, 0.717) is 6.61 Å². The average Bonchev–Trinajstić information content (AvgIpc) is 2.39. The topological polar surface area (TPSA) is 47.6 Å². The molecular formula is C17H27NO3. The van der Waals surface area contributed by atoms with Crippen molar-refractivity contribution in [3.8, 4) is 5.75 Å². The standard InChI is InChI=1S/C17H27NO3/c1-7-20-17(19)15(18-11(2)3)10-21-16-9-12(4)8-13(5)14(16)6/h8-9,11,15,18H,7,10H2,1-6H3. The molecule has 0 bridgehead atoms. The molecule has 0 saturated heterocycles. The van der Waals surface area contributed by atoms with Crippen LogP contribution in [0.15, 0.2) is 12.1 Å². The molecule has 0 fully saturated rings. The van der Waals surface area contributed by atoms with Crippen LogP contribution in [0.25, 0.3) is 0 Å². The Morgan fingerprint density at radius 2 is 1.90 bits per heavy atom. The minimum Gasteiger partial charge on any atom is -0.491 e. The maximum absolute atomic E-state index is 12.0. The first-order valence-electron chi connectivity index (χ1n) is 7.48. The maximum Gasteiger partial charge on any atom is 0.326 e. The van der Waals surface area contributed by atoms with E-state index in [9.17, 15) is 4.79 Å². The third kappa shape index (κ3) is 5.38. The summed E-state index contributed by atoms with van der Waals surface area (Å²) in [6.45, 7) is 12.6. The van der Waals surface area contributed by atoms with Crippen LogP contribution in [0.5, 0.6) is 5.75 Å². The van der Waals surface area contributed by atoms with E-state index in [4.69, 9.17) is 9.47 Å². The molecule has 118 valence electrons. The van der Waals surface area contributed by atoms with Gasteiger partial charge in [0.15, 0.2) is 0 Å². The normalized spacial score (nSPS) is 12.3. The summed E-state index contributed by atoms with van der Waals surface area (Å²) < 4.78 is 11.0. The van der Waals surface area contributed by atoms with Gasteiger partial charge < -0.3 is 9.47 Å². The van der Waals surface area contributed by atoms with Gasteiger partial charge in [-0.1, -0.05) is 19.9 Å². The first-order chi connectivity index (χ1) is 9.85. The first kappa shape index (κ1) is 17.5. The van der Waals surface area contributed by atoms with Crippen LogP contribution in [-0.4, -0.2) is 31.3 Å². The zero-order chi connectivity index (χ0) is 16.0. The van der Waals surface area contributed by atoms with Gasteiger partial charge in [-0.25, -0.2) is 0 Å². The lowest BCUT2D eigenvalue weighted by Crippen LogP contribution is -2.45. The summed E-state index contributed by atoms with van der Waals surface area (Å²) in [6.07, 6.45) is 0. The fourth-order valence-electron chi connectivity index (χ4n) is 2.15. The number of benzene rings is 1. The third-order valence-electron chi connectivity index (χ3n) is 3.28. The summed E-state index contributed by atoms with van der Waals surface area (Å²) in [5, 5.41) is 3.18. The molecule has 4 nitrogen and oxygen atoms in total. The second-order valence-electron chi connectivity index (χ2n) is 5.64. The summed E-state index contributed by atoms with van der Waals surface area (Å²) in [5.74, 6) is 0.556. The summed E-state index contributed by atoms with van der Waals surface area (Å²) in [6, 6.07) is 3.85. The summed E-state index contributed by atoms with van der Waals surface area (Å²) >= 11 is 0. The summed E-state index contributed by atoms with van der Waals surface area (Å²) in [4.78, 5) is 12.0. The Balaban J connectivity index is 2.79. The second kappa shape index (κ2) is 8.03.